The van der Waals surface area contributed by atoms with Crippen molar-refractivity contribution in [3.05, 3.63) is 40.3 Å². The fraction of sp³-hybridized carbons (Fsp3) is 0.654. The van der Waals surface area contributed by atoms with Crippen molar-refractivity contribution in [2.75, 3.05) is 0 Å². The van der Waals surface area contributed by atoms with Gasteiger partial charge in [-0.15, -0.1) is 0 Å². The molecule has 1 aromatic carbocycles. The Morgan fingerprint density at radius 2 is 1.41 bits per heavy atom. The number of benzene rings is 1. The minimum atomic E-state index is -1.24. The number of aromatic nitrogens is 2. The van der Waals surface area contributed by atoms with E-state index in [1.54, 1.807) is 4.57 Å². The maximum Gasteiger partial charge on any atom is 0.360 e. The Bertz CT molecular complexity index is 1010. The lowest BCUT2D eigenvalue weighted by Crippen LogP contribution is -2.57. The molecule has 6 nitrogen and oxygen atoms in total. The van der Waals surface area contributed by atoms with E-state index in [4.69, 9.17) is 0 Å². The summed E-state index contributed by atoms with van der Waals surface area (Å²) in [4.78, 5) is 32.0. The van der Waals surface area contributed by atoms with E-state index in [9.17, 15) is 14.7 Å². The number of carbonyl (C=O) groups is 1. The predicted molar refractivity (Wildman–Crippen MR) is 125 cm³/mol. The maximum atomic E-state index is 13.3. The van der Waals surface area contributed by atoms with Crippen molar-refractivity contribution in [2.24, 2.45) is 0 Å². The first-order valence-electron chi connectivity index (χ1n) is 12.7. The van der Waals surface area contributed by atoms with E-state index in [0.29, 0.717) is 23.6 Å². The highest BCUT2D eigenvalue weighted by Crippen LogP contribution is 2.42. The second kappa shape index (κ2) is 9.34. The van der Waals surface area contributed by atoms with Crippen molar-refractivity contribution in [2.45, 2.75) is 108 Å². The van der Waals surface area contributed by atoms with Gasteiger partial charge in [0, 0.05) is 24.2 Å². The molecule has 2 aromatic rings. The van der Waals surface area contributed by atoms with E-state index in [-0.39, 0.29) is 11.7 Å². The van der Waals surface area contributed by atoms with Gasteiger partial charge in [0.05, 0.1) is 11.0 Å². The number of nitrogens with zero attached hydrogens (tertiary/aromatic N) is 3. The molecule has 2 aliphatic heterocycles. The third-order valence-electron chi connectivity index (χ3n) is 8.12. The molecule has 0 spiro atoms. The molecule has 1 N–H and O–H groups in total. The lowest BCUT2D eigenvalue weighted by molar-refractivity contribution is -0.0232. The lowest BCUT2D eigenvalue weighted by atomic mass is 9.79. The number of hydrogen-bond acceptors (Lipinski definition) is 4. The van der Waals surface area contributed by atoms with Crippen LogP contribution in [0.15, 0.2) is 29.1 Å². The number of rotatable bonds is 3. The summed E-state index contributed by atoms with van der Waals surface area (Å²) in [7, 11) is 0. The topological polar surface area (TPSA) is 75.4 Å². The Hall–Kier alpha value is -2.21. The number of carboxylic acid groups (broad SMARTS) is 1. The molecule has 6 heteroatoms. The molecule has 2 bridgehead atoms. The molecule has 2 atom stereocenters. The second-order valence-corrected chi connectivity index (χ2v) is 10.1. The maximum absolute atomic E-state index is 13.3. The highest BCUT2D eigenvalue weighted by Gasteiger charge is 2.42. The van der Waals surface area contributed by atoms with E-state index in [1.807, 2.05) is 24.3 Å². The Morgan fingerprint density at radius 3 is 2.06 bits per heavy atom. The molecule has 2 saturated heterocycles. The zero-order valence-electron chi connectivity index (χ0n) is 18.9. The van der Waals surface area contributed by atoms with Crippen LogP contribution in [-0.2, 0) is 0 Å². The van der Waals surface area contributed by atoms with Crippen LogP contribution in [-0.4, -0.2) is 43.7 Å². The third-order valence-corrected chi connectivity index (χ3v) is 8.12. The number of piperidine rings is 2. The van der Waals surface area contributed by atoms with Crippen molar-refractivity contribution < 1.29 is 9.90 Å². The van der Waals surface area contributed by atoms with Crippen LogP contribution in [0, 0.1) is 0 Å². The van der Waals surface area contributed by atoms with Gasteiger partial charge in [-0.25, -0.2) is 9.78 Å². The van der Waals surface area contributed by atoms with Crippen molar-refractivity contribution in [3.8, 4) is 0 Å². The molecule has 0 amide bonds. The quantitative estimate of drug-likeness (QED) is 0.718. The third kappa shape index (κ3) is 4.09. The molecule has 0 radical (unpaired) electrons. The highest BCUT2D eigenvalue weighted by molar-refractivity contribution is 5.88. The summed E-state index contributed by atoms with van der Waals surface area (Å²) >= 11 is 0. The van der Waals surface area contributed by atoms with Crippen molar-refractivity contribution in [3.63, 3.8) is 0 Å². The average Bonchev–Trinajstić information content (AvgIpc) is 2.91. The molecule has 3 heterocycles. The molecule has 1 aliphatic carbocycles. The average molecular weight is 438 g/mol. The summed E-state index contributed by atoms with van der Waals surface area (Å²) in [6.45, 7) is 0. The Morgan fingerprint density at radius 1 is 0.812 bits per heavy atom. The summed E-state index contributed by atoms with van der Waals surface area (Å²) in [5, 5.41) is 9.61. The summed E-state index contributed by atoms with van der Waals surface area (Å²) in [6.07, 6.45) is 16.3. The van der Waals surface area contributed by atoms with Crippen LogP contribution in [0.2, 0.25) is 0 Å². The SMILES string of the molecule is O=C(O)c1nc2ccccc2n(C2CC3CCCC(C2)N3C2CCCCCCCC2)c1=O. The zero-order valence-corrected chi connectivity index (χ0v) is 18.9. The Labute approximate surface area is 189 Å². The van der Waals surface area contributed by atoms with E-state index < -0.39 is 11.5 Å². The van der Waals surface area contributed by atoms with Gasteiger partial charge in [-0.1, -0.05) is 57.1 Å². The normalized spacial score (nSPS) is 28.1. The number of hydrogen-bond donors (Lipinski definition) is 1. The van der Waals surface area contributed by atoms with Gasteiger partial charge in [0.1, 0.15) is 0 Å². The van der Waals surface area contributed by atoms with Gasteiger partial charge in [-0.3, -0.25) is 9.69 Å². The number of aromatic carboxylic acids is 1. The molecule has 172 valence electrons. The number of fused-ring (bicyclic) bond motifs is 3. The molecule has 2 unspecified atom stereocenters. The Kier molecular flexibility index (Phi) is 6.31. The molecule has 3 aliphatic rings. The fourth-order valence-corrected chi connectivity index (χ4v) is 6.76. The van der Waals surface area contributed by atoms with Crippen LogP contribution in [0.5, 0.6) is 0 Å². The molecule has 1 aromatic heterocycles. The van der Waals surface area contributed by atoms with Gasteiger partial charge < -0.3 is 9.67 Å². The van der Waals surface area contributed by atoms with Gasteiger partial charge in [0.15, 0.2) is 0 Å². The van der Waals surface area contributed by atoms with E-state index in [0.717, 1.165) is 18.4 Å². The minimum absolute atomic E-state index is 0.0383. The monoisotopic (exact) mass is 437 g/mol. The van der Waals surface area contributed by atoms with E-state index >= 15 is 0 Å². The lowest BCUT2D eigenvalue weighted by Gasteiger charge is -2.53. The molecule has 32 heavy (non-hydrogen) atoms. The Balaban J connectivity index is 1.48. The van der Waals surface area contributed by atoms with Crippen molar-refractivity contribution in [1.29, 1.82) is 0 Å². The first kappa shape index (κ1) is 21.6. The van der Waals surface area contributed by atoms with Crippen LogP contribution >= 0.6 is 0 Å². The summed E-state index contributed by atoms with van der Waals surface area (Å²) < 4.78 is 1.78. The molecular formula is C26H35N3O3. The number of carboxylic acids is 1. The molecule has 5 rings (SSSR count). The zero-order chi connectivity index (χ0) is 22.1. The molecule has 1 saturated carbocycles. The van der Waals surface area contributed by atoms with Gasteiger partial charge >= 0.3 is 5.97 Å². The fourth-order valence-electron chi connectivity index (χ4n) is 6.76. The van der Waals surface area contributed by atoms with Gasteiger partial charge in [-0.2, -0.15) is 0 Å². The summed E-state index contributed by atoms with van der Waals surface area (Å²) in [5.74, 6) is -1.24. The predicted octanol–water partition coefficient (Wildman–Crippen LogP) is 5.16. The van der Waals surface area contributed by atoms with Crippen LogP contribution < -0.4 is 5.56 Å². The smallest absolute Gasteiger partial charge is 0.360 e. The number of para-hydroxylation sites is 2. The van der Waals surface area contributed by atoms with Crippen LogP contribution in [0.3, 0.4) is 0 Å². The summed E-state index contributed by atoms with van der Waals surface area (Å²) in [6, 6.07) is 9.18. The van der Waals surface area contributed by atoms with Crippen LogP contribution in [0.1, 0.15) is 100 Å². The standard InChI is InChI=1S/C26H35N3O3/c30-25-24(26(31)32)27-22-14-7-8-15-23(22)29(25)21-16-19-12-9-13-20(17-21)28(19)18-10-5-3-1-2-4-6-11-18/h7-8,14-15,18-21H,1-6,9-13,16-17H2,(H,31,32). The van der Waals surface area contributed by atoms with E-state index in [2.05, 4.69) is 9.88 Å². The van der Waals surface area contributed by atoms with Crippen LogP contribution in [0.4, 0.5) is 0 Å². The van der Waals surface area contributed by atoms with Crippen LogP contribution in [0.25, 0.3) is 11.0 Å². The second-order valence-electron chi connectivity index (χ2n) is 10.1. The largest absolute Gasteiger partial charge is 0.476 e. The first-order valence-corrected chi connectivity index (χ1v) is 12.7. The van der Waals surface area contributed by atoms with Gasteiger partial charge in [-0.05, 0) is 50.7 Å². The summed E-state index contributed by atoms with van der Waals surface area (Å²) in [5.41, 5.74) is 0.553. The van der Waals surface area contributed by atoms with E-state index in [1.165, 1.54) is 70.6 Å². The molecule has 3 fully saturated rings. The minimum Gasteiger partial charge on any atom is -0.476 e. The highest BCUT2D eigenvalue weighted by atomic mass is 16.4. The first-order chi connectivity index (χ1) is 15.6. The van der Waals surface area contributed by atoms with Crippen molar-refractivity contribution in [1.82, 2.24) is 14.5 Å². The van der Waals surface area contributed by atoms with Crippen molar-refractivity contribution >= 4 is 17.0 Å². The van der Waals surface area contributed by atoms with Gasteiger partial charge in [0.25, 0.3) is 5.56 Å². The molecular weight excluding hydrogens is 402 g/mol. The van der Waals surface area contributed by atoms with Gasteiger partial charge in [0.2, 0.25) is 5.69 Å².